The molecule has 0 saturated carbocycles. The van der Waals surface area contributed by atoms with Crippen LogP contribution in [0.15, 0.2) is 24.4 Å². The van der Waals surface area contributed by atoms with E-state index in [1.54, 1.807) is 11.4 Å². The van der Waals surface area contributed by atoms with Gasteiger partial charge in [0.15, 0.2) is 0 Å². The van der Waals surface area contributed by atoms with E-state index in [-0.39, 0.29) is 5.92 Å². The molecule has 1 heterocycles. The van der Waals surface area contributed by atoms with Crippen molar-refractivity contribution in [2.75, 3.05) is 42.0 Å². The highest BCUT2D eigenvalue weighted by atomic mass is 31.2. The van der Waals surface area contributed by atoms with Gasteiger partial charge in [0.1, 0.15) is 11.8 Å². The summed E-state index contributed by atoms with van der Waals surface area (Å²) in [6.45, 7) is 4.54. The molecule has 2 atom stereocenters. The monoisotopic (exact) mass is 425 g/mol. The number of esters is 1. The highest BCUT2D eigenvalue weighted by Gasteiger charge is 2.35. The summed E-state index contributed by atoms with van der Waals surface area (Å²) in [6, 6.07) is 4.82. The minimum absolute atomic E-state index is 0.138. The predicted molar refractivity (Wildman–Crippen MR) is 115 cm³/mol. The molecule has 0 aliphatic carbocycles. The number of ether oxygens (including phenoxy) is 2. The largest absolute Gasteiger partial charge is 0.497 e. The van der Waals surface area contributed by atoms with Gasteiger partial charge in [0.05, 0.1) is 19.7 Å². The highest BCUT2D eigenvalue weighted by molar-refractivity contribution is 7.55. The summed E-state index contributed by atoms with van der Waals surface area (Å²) in [5.41, 5.74) is 1.76. The van der Waals surface area contributed by atoms with Crippen molar-refractivity contribution in [1.82, 2.24) is 14.3 Å². The zero-order valence-electron chi connectivity index (χ0n) is 18.3. The maximum Gasteiger partial charge on any atom is 0.373 e. The first-order valence-electron chi connectivity index (χ1n) is 9.51. The summed E-state index contributed by atoms with van der Waals surface area (Å²) in [5.74, 6) is 0.0977. The first-order chi connectivity index (χ1) is 13.7. The molecule has 2 unspecified atom stereocenters. The number of aromatic nitrogens is 1. The molecule has 0 fully saturated rings. The van der Waals surface area contributed by atoms with Gasteiger partial charge in [-0.2, -0.15) is 0 Å². The van der Waals surface area contributed by atoms with Gasteiger partial charge in [-0.15, -0.1) is 0 Å². The van der Waals surface area contributed by atoms with Gasteiger partial charge < -0.3 is 18.9 Å². The van der Waals surface area contributed by atoms with Crippen molar-refractivity contribution in [2.45, 2.75) is 26.3 Å². The second kappa shape index (κ2) is 9.76. The Balaban J connectivity index is 2.58. The van der Waals surface area contributed by atoms with Gasteiger partial charge in [-0.25, -0.2) is 9.65 Å². The predicted octanol–water partition coefficient (Wildman–Crippen LogP) is 3.14. The Hall–Kier alpha value is -1.86. The highest BCUT2D eigenvalue weighted by Crippen LogP contribution is 2.48. The quantitative estimate of drug-likeness (QED) is 0.463. The molecule has 1 aromatic heterocycles. The molecule has 0 aliphatic heterocycles. The molecule has 0 aliphatic rings. The lowest BCUT2D eigenvalue weighted by molar-refractivity contribution is -0.143. The maximum atomic E-state index is 13.8. The van der Waals surface area contributed by atoms with Crippen molar-refractivity contribution in [1.29, 1.82) is 0 Å². The average Bonchev–Trinajstić information content (AvgIpc) is 3.07. The molecule has 1 N–H and O–H groups in total. The topological polar surface area (TPSA) is 82.0 Å². The van der Waals surface area contributed by atoms with Crippen LogP contribution in [-0.2, 0) is 25.0 Å². The van der Waals surface area contributed by atoms with Crippen molar-refractivity contribution < 1.29 is 23.4 Å². The van der Waals surface area contributed by atoms with Gasteiger partial charge in [-0.05, 0) is 50.2 Å². The molecular weight excluding hydrogens is 393 g/mol. The molecule has 0 spiro atoms. The first kappa shape index (κ1) is 23.4. The Morgan fingerprint density at radius 1 is 1.24 bits per heavy atom. The van der Waals surface area contributed by atoms with Gasteiger partial charge in [0.25, 0.3) is 0 Å². The van der Waals surface area contributed by atoms with E-state index in [0.717, 1.165) is 35.2 Å². The standard InChI is InChI=1S/C20H32N3O5P/c1-14(2)19(20(24)27-6)21-29(25,28-7)23-13-15(10-11-22(3)4)17-12-16(26-5)8-9-18(17)23/h8-9,12-14,19H,10-11H2,1-7H3,(H,21,25). The average molecular weight is 425 g/mol. The van der Waals surface area contributed by atoms with Gasteiger partial charge in [0, 0.05) is 25.2 Å². The number of likely N-dealkylation sites (N-methyl/N-ethyl adjacent to an activating group) is 1. The minimum atomic E-state index is -3.61. The van der Waals surface area contributed by atoms with Crippen LogP contribution in [0.3, 0.4) is 0 Å². The number of benzene rings is 1. The second-order valence-corrected chi connectivity index (χ2v) is 9.61. The van der Waals surface area contributed by atoms with Crippen LogP contribution in [0.1, 0.15) is 19.4 Å². The summed E-state index contributed by atoms with van der Waals surface area (Å²) >= 11 is 0. The number of methoxy groups -OCH3 is 2. The molecule has 0 saturated heterocycles. The fourth-order valence-electron chi connectivity index (χ4n) is 3.13. The minimum Gasteiger partial charge on any atom is -0.497 e. The number of carbonyl (C=O) groups excluding carboxylic acids is 1. The molecule has 2 aromatic rings. The van der Waals surface area contributed by atoms with Crippen molar-refractivity contribution >= 4 is 24.5 Å². The Labute approximate surface area is 172 Å². The van der Waals surface area contributed by atoms with Crippen molar-refractivity contribution in [2.24, 2.45) is 5.92 Å². The summed E-state index contributed by atoms with van der Waals surface area (Å²) in [5, 5.41) is 3.86. The number of hydrogen-bond acceptors (Lipinski definition) is 6. The summed E-state index contributed by atoms with van der Waals surface area (Å²) in [7, 11) is 4.70. The molecule has 162 valence electrons. The van der Waals surface area contributed by atoms with E-state index in [1.165, 1.54) is 14.2 Å². The fourth-order valence-corrected chi connectivity index (χ4v) is 5.04. The maximum absolute atomic E-state index is 13.8. The summed E-state index contributed by atoms with van der Waals surface area (Å²) in [4.78, 5) is 14.3. The zero-order valence-corrected chi connectivity index (χ0v) is 19.2. The van der Waals surface area contributed by atoms with Gasteiger partial charge in [0.2, 0.25) is 0 Å². The van der Waals surface area contributed by atoms with Gasteiger partial charge in [-0.3, -0.25) is 9.13 Å². The Kier molecular flexibility index (Phi) is 7.88. The van der Waals surface area contributed by atoms with Crippen LogP contribution in [0.5, 0.6) is 5.75 Å². The SMILES string of the molecule is COC(=O)C(NP(=O)(OC)n1cc(CCN(C)C)c2cc(OC)ccc21)C(C)C. The molecule has 9 heteroatoms. The molecule has 1 aromatic carbocycles. The van der Waals surface area contributed by atoms with E-state index >= 15 is 0 Å². The van der Waals surface area contributed by atoms with Crippen LogP contribution in [0.25, 0.3) is 10.9 Å². The Morgan fingerprint density at radius 2 is 1.93 bits per heavy atom. The number of nitrogens with zero attached hydrogens (tertiary/aromatic N) is 2. The number of fused-ring (bicyclic) bond motifs is 1. The molecule has 0 radical (unpaired) electrons. The van der Waals surface area contributed by atoms with E-state index in [0.29, 0.717) is 0 Å². The summed E-state index contributed by atoms with van der Waals surface area (Å²) < 4.78 is 31.1. The number of hydrogen-bond donors (Lipinski definition) is 1. The Bertz CT molecular complexity index is 894. The second-order valence-electron chi connectivity index (χ2n) is 7.51. The van der Waals surface area contributed by atoms with Crippen LogP contribution in [0, 0.1) is 5.92 Å². The summed E-state index contributed by atoms with van der Waals surface area (Å²) in [6.07, 6.45) is 2.59. The fraction of sp³-hybridized carbons (Fsp3) is 0.550. The zero-order chi connectivity index (χ0) is 21.8. The smallest absolute Gasteiger partial charge is 0.373 e. The van der Waals surface area contributed by atoms with Crippen LogP contribution >= 0.6 is 7.67 Å². The molecule has 2 rings (SSSR count). The third-order valence-corrected chi connectivity index (χ3v) is 6.86. The lowest BCUT2D eigenvalue weighted by Gasteiger charge is -2.26. The molecular formula is C20H32N3O5P. The number of nitrogens with one attached hydrogen (secondary N) is 1. The van der Waals surface area contributed by atoms with Crippen LogP contribution in [0.4, 0.5) is 0 Å². The van der Waals surface area contributed by atoms with Gasteiger partial charge in [-0.1, -0.05) is 13.8 Å². The van der Waals surface area contributed by atoms with E-state index in [1.807, 2.05) is 52.3 Å². The lowest BCUT2D eigenvalue weighted by atomic mass is 10.1. The van der Waals surface area contributed by atoms with Crippen LogP contribution in [-0.4, -0.2) is 63.2 Å². The van der Waals surface area contributed by atoms with Crippen LogP contribution in [0.2, 0.25) is 0 Å². The normalized spacial score (nSPS) is 14.9. The first-order valence-corrected chi connectivity index (χ1v) is 11.1. The van der Waals surface area contributed by atoms with Crippen molar-refractivity contribution in [3.05, 3.63) is 30.0 Å². The Morgan fingerprint density at radius 3 is 2.45 bits per heavy atom. The van der Waals surface area contributed by atoms with Crippen molar-refractivity contribution in [3.63, 3.8) is 0 Å². The third kappa shape index (κ3) is 5.20. The molecule has 8 nitrogen and oxygen atoms in total. The molecule has 0 bridgehead atoms. The molecule has 29 heavy (non-hydrogen) atoms. The lowest BCUT2D eigenvalue weighted by Crippen LogP contribution is -2.41. The molecule has 0 amide bonds. The third-order valence-electron chi connectivity index (χ3n) is 4.86. The van der Waals surface area contributed by atoms with Gasteiger partial charge >= 0.3 is 13.6 Å². The van der Waals surface area contributed by atoms with E-state index in [4.69, 9.17) is 14.0 Å². The number of carbonyl (C=O) groups is 1. The van der Waals surface area contributed by atoms with Crippen LogP contribution < -0.4 is 9.82 Å². The van der Waals surface area contributed by atoms with E-state index in [9.17, 15) is 9.36 Å². The van der Waals surface area contributed by atoms with Crippen molar-refractivity contribution in [3.8, 4) is 5.75 Å². The number of rotatable bonds is 10. The van der Waals surface area contributed by atoms with E-state index < -0.39 is 19.7 Å². The van der Waals surface area contributed by atoms with E-state index in [2.05, 4.69) is 9.99 Å².